The molecule has 0 fully saturated rings. The molecule has 2 N–H and O–H groups in total. The number of carboxylic acids is 1. The summed E-state index contributed by atoms with van der Waals surface area (Å²) in [6.45, 7) is 5.06. The lowest BCUT2D eigenvalue weighted by molar-refractivity contribution is 0.0689. The van der Waals surface area contributed by atoms with Crippen molar-refractivity contribution in [1.82, 2.24) is 5.32 Å². The van der Waals surface area contributed by atoms with Crippen molar-refractivity contribution < 1.29 is 23.5 Å². The Bertz CT molecular complexity index is 507. The molecule has 0 aromatic heterocycles. The van der Waals surface area contributed by atoms with Gasteiger partial charge in [0.15, 0.2) is 11.6 Å². The smallest absolute Gasteiger partial charge is 0.336 e. The predicted octanol–water partition coefficient (Wildman–Crippen LogP) is 2.19. The molecule has 0 aliphatic heterocycles. The van der Waals surface area contributed by atoms with E-state index in [1.807, 2.05) is 0 Å². The molecular formula is C12H13F2NO3. The van der Waals surface area contributed by atoms with Crippen LogP contribution in [0.5, 0.6) is 0 Å². The van der Waals surface area contributed by atoms with Gasteiger partial charge in [-0.05, 0) is 32.9 Å². The molecule has 18 heavy (non-hydrogen) atoms. The molecule has 6 heteroatoms. The molecule has 1 rings (SSSR count). The van der Waals surface area contributed by atoms with Crippen LogP contribution in [0.15, 0.2) is 12.1 Å². The van der Waals surface area contributed by atoms with Crippen molar-refractivity contribution in [3.05, 3.63) is 34.9 Å². The highest BCUT2D eigenvalue weighted by Gasteiger charge is 2.23. The highest BCUT2D eigenvalue weighted by molar-refractivity contribution is 6.05. The first-order valence-corrected chi connectivity index (χ1v) is 5.16. The zero-order chi connectivity index (χ0) is 14.1. The van der Waals surface area contributed by atoms with E-state index in [4.69, 9.17) is 5.11 Å². The lowest BCUT2D eigenvalue weighted by atomic mass is 10.0. The van der Waals surface area contributed by atoms with E-state index < -0.39 is 40.2 Å². The first-order valence-electron chi connectivity index (χ1n) is 5.16. The molecule has 0 bridgehead atoms. The molecular weight excluding hydrogens is 244 g/mol. The molecule has 0 heterocycles. The Hall–Kier alpha value is -1.98. The molecule has 0 unspecified atom stereocenters. The molecule has 0 saturated carbocycles. The molecule has 98 valence electrons. The van der Waals surface area contributed by atoms with Crippen molar-refractivity contribution in [2.24, 2.45) is 0 Å². The third-order valence-corrected chi connectivity index (χ3v) is 2.02. The fourth-order valence-corrected chi connectivity index (χ4v) is 1.32. The minimum absolute atomic E-state index is 0.406. The van der Waals surface area contributed by atoms with E-state index in [0.717, 1.165) is 0 Å². The van der Waals surface area contributed by atoms with Gasteiger partial charge >= 0.3 is 5.97 Å². The number of aromatic carboxylic acids is 1. The Morgan fingerprint density at radius 2 is 1.56 bits per heavy atom. The largest absolute Gasteiger partial charge is 0.478 e. The van der Waals surface area contributed by atoms with Crippen LogP contribution in [-0.2, 0) is 0 Å². The van der Waals surface area contributed by atoms with Gasteiger partial charge in [0.2, 0.25) is 0 Å². The van der Waals surface area contributed by atoms with Crippen LogP contribution in [0.25, 0.3) is 0 Å². The molecule has 0 radical (unpaired) electrons. The Kier molecular flexibility index (Phi) is 3.69. The van der Waals surface area contributed by atoms with Crippen LogP contribution in [0.4, 0.5) is 8.78 Å². The van der Waals surface area contributed by atoms with Gasteiger partial charge in [-0.15, -0.1) is 0 Å². The Morgan fingerprint density at radius 3 is 1.94 bits per heavy atom. The second-order valence-electron chi connectivity index (χ2n) is 4.82. The first kappa shape index (κ1) is 14.1. The van der Waals surface area contributed by atoms with Crippen LogP contribution in [-0.4, -0.2) is 22.5 Å². The van der Waals surface area contributed by atoms with Crippen molar-refractivity contribution in [2.75, 3.05) is 0 Å². The average Bonchev–Trinajstić information content (AvgIpc) is 2.18. The van der Waals surface area contributed by atoms with Gasteiger partial charge in [-0.2, -0.15) is 0 Å². The highest BCUT2D eigenvalue weighted by Crippen LogP contribution is 2.16. The van der Waals surface area contributed by atoms with Crippen LogP contribution >= 0.6 is 0 Å². The van der Waals surface area contributed by atoms with Crippen molar-refractivity contribution in [2.45, 2.75) is 26.3 Å². The van der Waals surface area contributed by atoms with E-state index in [0.29, 0.717) is 12.1 Å². The topological polar surface area (TPSA) is 66.4 Å². The minimum Gasteiger partial charge on any atom is -0.478 e. The number of hydrogen-bond donors (Lipinski definition) is 2. The standard InChI is InChI=1S/C12H13F2NO3/c1-12(2,3)15-10(16)6-4-8(13)9(14)5-7(6)11(17)18/h4-5H,1-3H3,(H,15,16)(H,17,18). The van der Waals surface area contributed by atoms with Crippen molar-refractivity contribution in [1.29, 1.82) is 0 Å². The number of carbonyl (C=O) groups is 2. The zero-order valence-corrected chi connectivity index (χ0v) is 10.2. The van der Waals surface area contributed by atoms with Crippen LogP contribution in [0.1, 0.15) is 41.5 Å². The summed E-state index contributed by atoms with van der Waals surface area (Å²) in [5, 5.41) is 11.3. The van der Waals surface area contributed by atoms with E-state index in [9.17, 15) is 18.4 Å². The van der Waals surface area contributed by atoms with Crippen LogP contribution in [0.3, 0.4) is 0 Å². The van der Waals surface area contributed by atoms with Gasteiger partial charge in [0, 0.05) is 5.54 Å². The summed E-state index contributed by atoms with van der Waals surface area (Å²) >= 11 is 0. The number of nitrogens with one attached hydrogen (secondary N) is 1. The number of rotatable bonds is 2. The molecule has 1 aromatic carbocycles. The predicted molar refractivity (Wildman–Crippen MR) is 60.5 cm³/mol. The Morgan fingerprint density at radius 1 is 1.11 bits per heavy atom. The minimum atomic E-state index is -1.49. The maximum atomic E-state index is 13.1. The van der Waals surface area contributed by atoms with E-state index in [1.165, 1.54) is 0 Å². The number of carboxylic acid groups (broad SMARTS) is 1. The highest BCUT2D eigenvalue weighted by atomic mass is 19.2. The second-order valence-corrected chi connectivity index (χ2v) is 4.82. The van der Waals surface area contributed by atoms with Crippen molar-refractivity contribution in [3.8, 4) is 0 Å². The third-order valence-electron chi connectivity index (χ3n) is 2.02. The summed E-state index contributed by atoms with van der Waals surface area (Å²) in [5.74, 6) is -4.83. The molecule has 0 spiro atoms. The van der Waals surface area contributed by atoms with E-state index >= 15 is 0 Å². The molecule has 1 amide bonds. The molecule has 0 atom stereocenters. The molecule has 0 saturated heterocycles. The van der Waals surface area contributed by atoms with E-state index in [1.54, 1.807) is 20.8 Å². The maximum absolute atomic E-state index is 13.1. The lowest BCUT2D eigenvalue weighted by Crippen LogP contribution is -2.41. The fraction of sp³-hybridized carbons (Fsp3) is 0.333. The fourth-order valence-electron chi connectivity index (χ4n) is 1.32. The van der Waals surface area contributed by atoms with E-state index in [2.05, 4.69) is 5.32 Å². The van der Waals surface area contributed by atoms with Crippen LogP contribution in [0.2, 0.25) is 0 Å². The SMILES string of the molecule is CC(C)(C)NC(=O)c1cc(F)c(F)cc1C(=O)O. The van der Waals surface area contributed by atoms with Gasteiger partial charge in [-0.25, -0.2) is 13.6 Å². The van der Waals surface area contributed by atoms with Gasteiger partial charge in [0.25, 0.3) is 5.91 Å². The van der Waals surface area contributed by atoms with Crippen molar-refractivity contribution in [3.63, 3.8) is 0 Å². The number of hydrogen-bond acceptors (Lipinski definition) is 2. The monoisotopic (exact) mass is 257 g/mol. The summed E-state index contributed by atoms with van der Waals surface area (Å²) in [7, 11) is 0. The van der Waals surface area contributed by atoms with Gasteiger partial charge < -0.3 is 10.4 Å². The Balaban J connectivity index is 3.26. The van der Waals surface area contributed by atoms with Gasteiger partial charge in [0.1, 0.15) is 0 Å². The number of amides is 1. The van der Waals surface area contributed by atoms with E-state index in [-0.39, 0.29) is 0 Å². The number of halogens is 2. The van der Waals surface area contributed by atoms with Gasteiger partial charge in [0.05, 0.1) is 11.1 Å². The first-order chi connectivity index (χ1) is 8.11. The van der Waals surface area contributed by atoms with Crippen molar-refractivity contribution >= 4 is 11.9 Å². The van der Waals surface area contributed by atoms with Gasteiger partial charge in [-0.1, -0.05) is 0 Å². The third kappa shape index (κ3) is 3.26. The maximum Gasteiger partial charge on any atom is 0.336 e. The summed E-state index contributed by atoms with van der Waals surface area (Å²) in [6.07, 6.45) is 0. The zero-order valence-electron chi connectivity index (χ0n) is 10.2. The summed E-state index contributed by atoms with van der Waals surface area (Å²) in [6, 6.07) is 1.08. The summed E-state index contributed by atoms with van der Waals surface area (Å²) in [4.78, 5) is 22.7. The second kappa shape index (κ2) is 4.72. The van der Waals surface area contributed by atoms with Crippen LogP contribution in [0, 0.1) is 11.6 Å². The Labute approximate surface area is 103 Å². The van der Waals surface area contributed by atoms with Gasteiger partial charge in [-0.3, -0.25) is 4.79 Å². The molecule has 4 nitrogen and oxygen atoms in total. The quantitative estimate of drug-likeness (QED) is 0.853. The number of benzene rings is 1. The summed E-state index contributed by atoms with van der Waals surface area (Å²) < 4.78 is 26.0. The number of carbonyl (C=O) groups excluding carboxylic acids is 1. The average molecular weight is 257 g/mol. The lowest BCUT2D eigenvalue weighted by Gasteiger charge is -2.21. The van der Waals surface area contributed by atoms with Crippen LogP contribution < -0.4 is 5.32 Å². The molecule has 0 aliphatic carbocycles. The molecule has 0 aliphatic rings. The summed E-state index contributed by atoms with van der Waals surface area (Å²) in [5.41, 5.74) is -1.59. The molecule has 1 aromatic rings. The normalized spacial score (nSPS) is 11.2.